The van der Waals surface area contributed by atoms with Crippen LogP contribution in [0, 0.1) is 6.92 Å². The SMILES string of the molecule is CCSC1CCCC1NCC(O)c1cc(C)ccc1OC. The van der Waals surface area contributed by atoms with Gasteiger partial charge in [-0.05, 0) is 37.7 Å². The smallest absolute Gasteiger partial charge is 0.124 e. The van der Waals surface area contributed by atoms with E-state index in [1.54, 1.807) is 7.11 Å². The zero-order chi connectivity index (χ0) is 15.2. The number of aryl methyl sites for hydroxylation is 1. The highest BCUT2D eigenvalue weighted by atomic mass is 32.2. The van der Waals surface area contributed by atoms with Gasteiger partial charge in [-0.15, -0.1) is 0 Å². The van der Waals surface area contributed by atoms with E-state index in [1.165, 1.54) is 19.3 Å². The van der Waals surface area contributed by atoms with Crippen molar-refractivity contribution in [3.05, 3.63) is 29.3 Å². The lowest BCUT2D eigenvalue weighted by molar-refractivity contribution is 0.166. The summed E-state index contributed by atoms with van der Waals surface area (Å²) in [7, 11) is 1.65. The van der Waals surface area contributed by atoms with Gasteiger partial charge < -0.3 is 15.2 Å². The summed E-state index contributed by atoms with van der Waals surface area (Å²) >= 11 is 2.04. The van der Waals surface area contributed by atoms with Gasteiger partial charge in [-0.3, -0.25) is 0 Å². The van der Waals surface area contributed by atoms with Crippen molar-refractivity contribution in [1.82, 2.24) is 5.32 Å². The second-order valence-electron chi connectivity index (χ2n) is 5.70. The summed E-state index contributed by atoms with van der Waals surface area (Å²) in [6, 6.07) is 6.48. The van der Waals surface area contributed by atoms with Crippen LogP contribution in [0.4, 0.5) is 0 Å². The Kier molecular flexibility index (Phi) is 6.40. The fraction of sp³-hybridized carbons (Fsp3) is 0.647. The molecule has 1 aromatic rings. The van der Waals surface area contributed by atoms with Crippen molar-refractivity contribution in [2.45, 2.75) is 50.5 Å². The monoisotopic (exact) mass is 309 g/mol. The number of thioether (sulfide) groups is 1. The minimum absolute atomic E-state index is 0.521. The van der Waals surface area contributed by atoms with Gasteiger partial charge in [0.25, 0.3) is 0 Å². The standard InChI is InChI=1S/C17H27NO2S/c1-4-21-17-7-5-6-14(17)18-11-15(19)13-10-12(2)8-9-16(13)20-3/h8-10,14-15,17-19H,4-7,11H2,1-3H3. The second-order valence-corrected chi connectivity index (χ2v) is 7.22. The van der Waals surface area contributed by atoms with Crippen molar-refractivity contribution >= 4 is 11.8 Å². The molecule has 2 rings (SSSR count). The fourth-order valence-corrected chi connectivity index (χ4v) is 4.29. The number of methoxy groups -OCH3 is 1. The number of hydrogen-bond donors (Lipinski definition) is 2. The Hall–Kier alpha value is -0.710. The van der Waals surface area contributed by atoms with Crippen molar-refractivity contribution < 1.29 is 9.84 Å². The largest absolute Gasteiger partial charge is 0.496 e. The van der Waals surface area contributed by atoms with E-state index >= 15 is 0 Å². The van der Waals surface area contributed by atoms with Crippen LogP contribution in [0.15, 0.2) is 18.2 Å². The molecule has 4 heteroatoms. The van der Waals surface area contributed by atoms with Crippen molar-refractivity contribution in [2.24, 2.45) is 0 Å². The van der Waals surface area contributed by atoms with E-state index < -0.39 is 6.10 Å². The normalized spacial score (nSPS) is 23.2. The van der Waals surface area contributed by atoms with Crippen LogP contribution in [0.1, 0.15) is 43.4 Å². The summed E-state index contributed by atoms with van der Waals surface area (Å²) in [5.74, 6) is 1.93. The summed E-state index contributed by atoms with van der Waals surface area (Å²) in [4.78, 5) is 0. The number of ether oxygens (including phenoxy) is 1. The summed E-state index contributed by atoms with van der Waals surface area (Å²) in [5.41, 5.74) is 2.02. The molecule has 0 spiro atoms. The Morgan fingerprint density at radius 1 is 1.43 bits per heavy atom. The molecule has 3 nitrogen and oxygen atoms in total. The lowest BCUT2D eigenvalue weighted by atomic mass is 10.0. The van der Waals surface area contributed by atoms with Gasteiger partial charge >= 0.3 is 0 Å². The Morgan fingerprint density at radius 3 is 2.95 bits per heavy atom. The maximum atomic E-state index is 10.5. The van der Waals surface area contributed by atoms with Gasteiger partial charge in [0.2, 0.25) is 0 Å². The highest BCUT2D eigenvalue weighted by Crippen LogP contribution is 2.31. The molecular formula is C17H27NO2S. The van der Waals surface area contributed by atoms with Crippen LogP contribution in [0.3, 0.4) is 0 Å². The molecule has 3 unspecified atom stereocenters. The van der Waals surface area contributed by atoms with Crippen LogP contribution in [0.2, 0.25) is 0 Å². The number of aliphatic hydroxyl groups is 1. The molecule has 2 N–H and O–H groups in total. The van der Waals surface area contributed by atoms with Crippen LogP contribution < -0.4 is 10.1 Å². The first-order valence-electron chi connectivity index (χ1n) is 7.83. The lowest BCUT2D eigenvalue weighted by Gasteiger charge is -2.23. The summed E-state index contributed by atoms with van der Waals surface area (Å²) < 4.78 is 5.36. The van der Waals surface area contributed by atoms with Gasteiger partial charge in [0.15, 0.2) is 0 Å². The zero-order valence-electron chi connectivity index (χ0n) is 13.3. The number of nitrogens with one attached hydrogen (secondary N) is 1. The molecule has 0 radical (unpaired) electrons. The van der Waals surface area contributed by atoms with E-state index in [-0.39, 0.29) is 0 Å². The maximum Gasteiger partial charge on any atom is 0.124 e. The highest BCUT2D eigenvalue weighted by Gasteiger charge is 2.27. The van der Waals surface area contributed by atoms with Gasteiger partial charge in [0, 0.05) is 23.4 Å². The van der Waals surface area contributed by atoms with Gasteiger partial charge in [0.05, 0.1) is 13.2 Å². The van der Waals surface area contributed by atoms with Crippen LogP contribution in [-0.2, 0) is 0 Å². The molecule has 0 amide bonds. The summed E-state index contributed by atoms with van der Waals surface area (Å²) in [6.45, 7) is 4.84. The second kappa shape index (κ2) is 8.06. The van der Waals surface area contributed by atoms with Crippen molar-refractivity contribution in [3.8, 4) is 5.75 Å². The van der Waals surface area contributed by atoms with E-state index in [1.807, 2.05) is 36.9 Å². The molecule has 0 bridgehead atoms. The van der Waals surface area contributed by atoms with Gasteiger partial charge in [0.1, 0.15) is 5.75 Å². The Labute approximate surface area is 132 Å². The first-order valence-corrected chi connectivity index (χ1v) is 8.88. The van der Waals surface area contributed by atoms with E-state index in [9.17, 15) is 5.11 Å². The molecule has 1 aromatic carbocycles. The first-order chi connectivity index (χ1) is 10.2. The topological polar surface area (TPSA) is 41.5 Å². The quantitative estimate of drug-likeness (QED) is 0.811. The Morgan fingerprint density at radius 2 is 2.24 bits per heavy atom. The van der Waals surface area contributed by atoms with E-state index in [4.69, 9.17) is 4.74 Å². The van der Waals surface area contributed by atoms with Crippen molar-refractivity contribution in [2.75, 3.05) is 19.4 Å². The van der Waals surface area contributed by atoms with Crippen molar-refractivity contribution in [3.63, 3.8) is 0 Å². The number of aliphatic hydroxyl groups excluding tert-OH is 1. The third-order valence-electron chi connectivity index (χ3n) is 4.15. The minimum atomic E-state index is -0.521. The van der Waals surface area contributed by atoms with E-state index in [0.717, 1.165) is 22.6 Å². The fourth-order valence-electron chi connectivity index (χ4n) is 3.06. The molecule has 0 saturated heterocycles. The van der Waals surface area contributed by atoms with Gasteiger partial charge in [-0.2, -0.15) is 11.8 Å². The number of hydrogen-bond acceptors (Lipinski definition) is 4. The summed E-state index contributed by atoms with van der Waals surface area (Å²) in [5, 5.41) is 14.7. The molecule has 118 valence electrons. The molecular weight excluding hydrogens is 282 g/mol. The highest BCUT2D eigenvalue weighted by molar-refractivity contribution is 7.99. The zero-order valence-corrected chi connectivity index (χ0v) is 14.1. The first kappa shape index (κ1) is 16.7. The predicted molar refractivity (Wildman–Crippen MR) is 90.3 cm³/mol. The number of benzene rings is 1. The molecule has 1 saturated carbocycles. The molecule has 1 aliphatic carbocycles. The lowest BCUT2D eigenvalue weighted by Crippen LogP contribution is -2.37. The molecule has 0 heterocycles. The van der Waals surface area contributed by atoms with Gasteiger partial charge in [-0.25, -0.2) is 0 Å². The van der Waals surface area contributed by atoms with Crippen LogP contribution >= 0.6 is 11.8 Å². The van der Waals surface area contributed by atoms with Crippen LogP contribution in [0.5, 0.6) is 5.75 Å². The molecule has 0 aliphatic heterocycles. The minimum Gasteiger partial charge on any atom is -0.496 e. The van der Waals surface area contributed by atoms with Crippen molar-refractivity contribution in [1.29, 1.82) is 0 Å². The third-order valence-corrected chi connectivity index (χ3v) is 5.48. The molecule has 21 heavy (non-hydrogen) atoms. The molecule has 1 aliphatic rings. The maximum absolute atomic E-state index is 10.5. The summed E-state index contributed by atoms with van der Waals surface area (Å²) in [6.07, 6.45) is 3.28. The average Bonchev–Trinajstić information content (AvgIpc) is 2.92. The van der Waals surface area contributed by atoms with Crippen LogP contribution in [0.25, 0.3) is 0 Å². The van der Waals surface area contributed by atoms with Crippen LogP contribution in [-0.4, -0.2) is 35.8 Å². The van der Waals surface area contributed by atoms with E-state index in [0.29, 0.717) is 17.8 Å². The Bertz CT molecular complexity index is 452. The third kappa shape index (κ3) is 4.38. The van der Waals surface area contributed by atoms with Gasteiger partial charge in [-0.1, -0.05) is 25.0 Å². The molecule has 0 aromatic heterocycles. The molecule has 3 atom stereocenters. The van der Waals surface area contributed by atoms with E-state index in [2.05, 4.69) is 12.2 Å². The Balaban J connectivity index is 1.95. The predicted octanol–water partition coefficient (Wildman–Crippen LogP) is 3.30. The molecule has 1 fully saturated rings. The number of rotatable bonds is 7. The average molecular weight is 309 g/mol.